The minimum atomic E-state index is -3.78. The second kappa shape index (κ2) is 15.1. The third-order valence-electron chi connectivity index (χ3n) is 13.6. The number of nitrogens with zero attached hydrogens (tertiary/aromatic N) is 2. The van der Waals surface area contributed by atoms with Gasteiger partial charge in [0.1, 0.15) is 35.5 Å². The summed E-state index contributed by atoms with van der Waals surface area (Å²) in [4.78, 5) is 0. The van der Waals surface area contributed by atoms with Crippen molar-refractivity contribution >= 4 is 56.6 Å². The van der Waals surface area contributed by atoms with Crippen molar-refractivity contribution < 1.29 is 53.4 Å². The van der Waals surface area contributed by atoms with Crippen molar-refractivity contribution in [1.82, 2.24) is 0 Å². The van der Waals surface area contributed by atoms with Crippen LogP contribution in [0, 0.1) is 46.5 Å². The summed E-state index contributed by atoms with van der Waals surface area (Å²) in [5.41, 5.74) is -2.85. The lowest BCUT2D eigenvalue weighted by Crippen LogP contribution is -2.82. The Labute approximate surface area is 382 Å². The van der Waals surface area contributed by atoms with Crippen LogP contribution in [0.1, 0.15) is 0 Å². The van der Waals surface area contributed by atoms with E-state index < -0.39 is 81.6 Å². The van der Waals surface area contributed by atoms with Gasteiger partial charge in [0.05, 0.1) is 0 Å². The van der Waals surface area contributed by atoms with Crippen LogP contribution in [0.25, 0.3) is 55.2 Å². The smallest absolute Gasteiger partial charge is 0.518 e. The molecule has 0 amide bonds. The highest BCUT2D eigenvalue weighted by Gasteiger charge is 2.59. The molecule has 68 heavy (non-hydrogen) atoms. The van der Waals surface area contributed by atoms with Crippen molar-refractivity contribution in [1.29, 1.82) is 0 Å². The molecule has 2 aliphatic heterocycles. The van der Waals surface area contributed by atoms with Crippen LogP contribution >= 0.6 is 0 Å². The molecule has 2 aliphatic rings. The zero-order chi connectivity index (χ0) is 46.6. The molecule has 0 saturated carbocycles. The average molecular weight is 912 g/mol. The summed E-state index contributed by atoms with van der Waals surface area (Å²) in [6.45, 7) is -7.57. The van der Waals surface area contributed by atoms with Crippen molar-refractivity contribution in [2.24, 2.45) is 0 Å². The third-order valence-corrected chi connectivity index (χ3v) is 13.6. The molecule has 330 valence electrons. The first kappa shape index (κ1) is 41.2. The molecule has 0 radical (unpaired) electrons. The van der Waals surface area contributed by atoms with E-state index in [4.69, 9.17) is 9.31 Å². The molecule has 2 atom stereocenters. The summed E-state index contributed by atoms with van der Waals surface area (Å²) in [5.74, 6) is -18.0. The molecule has 0 fully saturated rings. The number of rotatable bonds is 7. The zero-order valence-electron chi connectivity index (χ0n) is 35.2. The predicted octanol–water partition coefficient (Wildman–Crippen LogP) is 9.68. The molecular formula is C54H30B2F8N2O2. The molecule has 0 bridgehead atoms. The first-order chi connectivity index (χ1) is 33.1. The Morgan fingerprint density at radius 1 is 0.324 bits per heavy atom. The van der Waals surface area contributed by atoms with E-state index in [2.05, 4.69) is 0 Å². The van der Waals surface area contributed by atoms with Gasteiger partial charge < -0.3 is 18.3 Å². The minimum Gasteiger partial charge on any atom is -0.647 e. The van der Waals surface area contributed by atoms with E-state index in [-0.39, 0.29) is 22.4 Å². The molecule has 10 aromatic rings. The van der Waals surface area contributed by atoms with E-state index in [9.17, 15) is 0 Å². The average Bonchev–Trinajstić information content (AvgIpc) is 3.91. The highest BCUT2D eigenvalue weighted by Crippen LogP contribution is 2.40. The van der Waals surface area contributed by atoms with Gasteiger partial charge in [-0.2, -0.15) is 0 Å². The SMILES string of the molecule is Fc1c(F)c(F)c([B@-]2(c3ccccc3-c3ccccc3)Oc3cccc4ccc[n+]2c34)c(-c2c(F)c(F)c(F)c(F)c2[B@-]2(c3ccccc3-c3ccccc3)Oc3cccc4ccc[n+]2c34)c1F. The molecule has 0 spiro atoms. The summed E-state index contributed by atoms with van der Waals surface area (Å²) < 4.78 is 155. The predicted molar refractivity (Wildman–Crippen MR) is 246 cm³/mol. The van der Waals surface area contributed by atoms with Crippen LogP contribution in [0.2, 0.25) is 0 Å². The minimum absolute atomic E-state index is 0.0567. The fourth-order valence-electron chi connectivity index (χ4n) is 10.9. The summed E-state index contributed by atoms with van der Waals surface area (Å²) in [5, 5.41) is 1.03. The normalized spacial score (nSPS) is 16.9. The van der Waals surface area contributed by atoms with Gasteiger partial charge in [-0.15, -0.1) is 0 Å². The van der Waals surface area contributed by atoms with Crippen LogP contribution in [-0.2, 0) is 0 Å². The Bertz CT molecular complexity index is 3520. The summed E-state index contributed by atoms with van der Waals surface area (Å²) in [7, 11) is 0. The van der Waals surface area contributed by atoms with Gasteiger partial charge in [0.25, 0.3) is 0 Å². The Morgan fingerprint density at radius 2 is 0.676 bits per heavy atom. The number of pyridine rings is 2. The van der Waals surface area contributed by atoms with Gasteiger partial charge in [-0.25, -0.2) is 35.1 Å². The van der Waals surface area contributed by atoms with Gasteiger partial charge in [-0.05, 0) is 92.8 Å². The highest BCUT2D eigenvalue weighted by molar-refractivity contribution is 6.95. The Hall–Kier alpha value is -8.25. The molecule has 0 aliphatic carbocycles. The van der Waals surface area contributed by atoms with E-state index in [1.807, 2.05) is 0 Å². The summed E-state index contributed by atoms with van der Waals surface area (Å²) in [6, 6.07) is 46.4. The van der Waals surface area contributed by atoms with Gasteiger partial charge in [-0.1, -0.05) is 132 Å². The van der Waals surface area contributed by atoms with E-state index in [0.29, 0.717) is 44.1 Å². The zero-order valence-corrected chi connectivity index (χ0v) is 35.2. The van der Waals surface area contributed by atoms with Crippen LogP contribution in [-0.4, -0.2) is 13.0 Å². The standard InChI is InChI=1S/C54H30B2F8N2O2/c57-45-41(43(47(59)51(63)49(45)61)55(37-25-9-7-23-35(37)31-15-3-1-4-16-31)65-29-13-21-33-19-11-27-39(67-55)53(33)65)42-44(48(60)52(64)50(62)46(42)58)56(38-26-10-8-24-36(38)32-17-5-2-6-18-32)66-30-14-22-34-20-12-28-40(68-56)54(34)66/h1-30H/t55-,56-/m0/s1. The lowest BCUT2D eigenvalue weighted by atomic mass is 9.37. The highest BCUT2D eigenvalue weighted by atomic mass is 19.2. The van der Waals surface area contributed by atoms with Crippen LogP contribution in [0.5, 0.6) is 11.5 Å². The lowest BCUT2D eigenvalue weighted by molar-refractivity contribution is -0.515. The molecule has 8 aromatic carbocycles. The molecule has 0 N–H and O–H groups in total. The molecule has 4 nitrogen and oxygen atoms in total. The molecule has 0 saturated heterocycles. The Kier molecular flexibility index (Phi) is 9.17. The number of hydrogen-bond acceptors (Lipinski definition) is 2. The van der Waals surface area contributed by atoms with E-state index in [1.165, 1.54) is 45.6 Å². The van der Waals surface area contributed by atoms with Crippen molar-refractivity contribution in [2.45, 2.75) is 0 Å². The van der Waals surface area contributed by atoms with Crippen LogP contribution in [0.4, 0.5) is 35.1 Å². The van der Waals surface area contributed by atoms with Crippen LogP contribution in [0.3, 0.4) is 0 Å². The quantitative estimate of drug-likeness (QED) is 0.0690. The largest absolute Gasteiger partial charge is 0.647 e. The Morgan fingerprint density at radius 3 is 1.09 bits per heavy atom. The number of para-hydroxylation sites is 2. The maximum absolute atomic E-state index is 18.1. The molecule has 2 aromatic heterocycles. The van der Waals surface area contributed by atoms with Gasteiger partial charge >= 0.3 is 13.0 Å². The van der Waals surface area contributed by atoms with Gasteiger partial charge in [0.2, 0.25) is 11.0 Å². The maximum atomic E-state index is 18.1. The van der Waals surface area contributed by atoms with Gasteiger partial charge in [0.15, 0.2) is 34.9 Å². The van der Waals surface area contributed by atoms with Crippen LogP contribution in [0.15, 0.2) is 182 Å². The number of halogens is 8. The van der Waals surface area contributed by atoms with Crippen molar-refractivity contribution in [3.05, 3.63) is 229 Å². The lowest BCUT2D eigenvalue weighted by Gasteiger charge is -2.38. The molecule has 14 heteroatoms. The molecule has 0 unspecified atom stereocenters. The van der Waals surface area contributed by atoms with Crippen molar-refractivity contribution in [3.8, 4) is 44.9 Å². The van der Waals surface area contributed by atoms with Crippen molar-refractivity contribution in [2.75, 3.05) is 0 Å². The van der Waals surface area contributed by atoms with Crippen LogP contribution < -0.4 is 40.1 Å². The fourth-order valence-corrected chi connectivity index (χ4v) is 10.9. The Balaban J connectivity index is 1.30. The van der Waals surface area contributed by atoms with E-state index in [0.717, 1.165) is 0 Å². The summed E-state index contributed by atoms with van der Waals surface area (Å²) >= 11 is 0. The van der Waals surface area contributed by atoms with Crippen molar-refractivity contribution in [3.63, 3.8) is 0 Å². The number of benzene rings is 8. The number of hydrogen-bond donors (Lipinski definition) is 0. The van der Waals surface area contributed by atoms with E-state index in [1.54, 1.807) is 146 Å². The third kappa shape index (κ3) is 5.51. The molecule has 4 heterocycles. The van der Waals surface area contributed by atoms with E-state index >= 15 is 35.1 Å². The summed E-state index contributed by atoms with van der Waals surface area (Å²) in [6.07, 6.45) is 2.92. The maximum Gasteiger partial charge on any atom is 0.518 e. The number of aromatic nitrogens is 2. The molecular weight excluding hydrogens is 882 g/mol. The monoisotopic (exact) mass is 912 g/mol. The topological polar surface area (TPSA) is 26.2 Å². The second-order valence-corrected chi connectivity index (χ2v) is 16.9. The van der Waals surface area contributed by atoms with Gasteiger partial charge in [0, 0.05) is 10.8 Å². The second-order valence-electron chi connectivity index (χ2n) is 16.9. The molecule has 12 rings (SSSR count). The fraction of sp³-hybridized carbons (Fsp3) is 0. The first-order valence-electron chi connectivity index (χ1n) is 21.7. The van der Waals surface area contributed by atoms with Gasteiger partial charge in [-0.3, -0.25) is 0 Å². The first-order valence-corrected chi connectivity index (χ1v) is 21.7.